The molecule has 12 heteroatoms. The van der Waals surface area contributed by atoms with Gasteiger partial charge in [-0.2, -0.15) is 13.9 Å². The molecule has 1 heterocycles. The maximum atomic E-state index is 12.2. The molecule has 0 amide bonds. The minimum atomic E-state index is -2.88. The monoisotopic (exact) mass is 574 g/mol. The highest BCUT2D eigenvalue weighted by Crippen LogP contribution is 2.36. The highest BCUT2D eigenvalue weighted by atomic mass is 35.5. The fourth-order valence-electron chi connectivity index (χ4n) is 3.43. The zero-order valence-corrected chi connectivity index (χ0v) is 22.2. The van der Waals surface area contributed by atoms with Crippen molar-refractivity contribution < 1.29 is 13.5 Å². The van der Waals surface area contributed by atoms with E-state index in [1.807, 2.05) is 35.2 Å². The summed E-state index contributed by atoms with van der Waals surface area (Å²) >= 11 is 14.4. The zero-order chi connectivity index (χ0) is 26.9. The number of nitrogens with two attached hydrogens (primary N) is 1. The Hall–Kier alpha value is -3.47. The molecule has 1 aliphatic rings. The van der Waals surface area contributed by atoms with Gasteiger partial charge in [-0.15, -0.1) is 5.10 Å². The van der Waals surface area contributed by atoms with Gasteiger partial charge in [0, 0.05) is 17.9 Å². The predicted octanol–water partition coefficient (Wildman–Crippen LogP) is 6.99. The van der Waals surface area contributed by atoms with Crippen LogP contribution in [0.15, 0.2) is 86.9 Å². The van der Waals surface area contributed by atoms with E-state index in [0.29, 0.717) is 21.3 Å². The Bertz CT molecular complexity index is 1340. The lowest BCUT2D eigenvalue weighted by Crippen LogP contribution is -2.34. The number of hydrogen-bond acceptors (Lipinski definition) is 5. The molecule has 0 aliphatic carbocycles. The molecule has 2 N–H and O–H groups in total. The second-order valence-corrected chi connectivity index (χ2v) is 9.68. The molecule has 3 aromatic rings. The first-order chi connectivity index (χ1) is 18.4. The van der Waals surface area contributed by atoms with E-state index >= 15 is 0 Å². The van der Waals surface area contributed by atoms with Gasteiger partial charge >= 0.3 is 6.61 Å². The lowest BCUT2D eigenvalue weighted by molar-refractivity contribution is -0.0498. The third kappa shape index (κ3) is 7.53. The van der Waals surface area contributed by atoms with Crippen LogP contribution >= 0.6 is 35.0 Å². The average molecular weight is 575 g/mol. The van der Waals surface area contributed by atoms with E-state index in [0.717, 1.165) is 35.1 Å². The zero-order valence-electron chi connectivity index (χ0n) is 19.8. The number of hydrogen-bond donors (Lipinski definition) is 1. The number of para-hydroxylation sites is 1. The molecule has 0 radical (unpaired) electrons. The van der Waals surface area contributed by atoms with Crippen molar-refractivity contribution in [1.82, 2.24) is 0 Å². The number of halogens is 4. The lowest BCUT2D eigenvalue weighted by atomic mass is 10.1. The standard InChI is InChI=1S/C26H22Cl2F2N6OS/c27-21-3-1-4-22(28)23(21)36-13-2-14-38-26(36)35-34-15-17-5-7-18(8-6-17)24(31)33-16-32-19-9-11-20(12-10-19)37-25(29)30/h1,3-12,15-16,25H,2,13-14H2,(H2,31,32,33)/b34-15-,35-26+. The van der Waals surface area contributed by atoms with Crippen LogP contribution in [0, 0.1) is 0 Å². The summed E-state index contributed by atoms with van der Waals surface area (Å²) < 4.78 is 28.8. The maximum Gasteiger partial charge on any atom is 0.387 e. The molecule has 7 nitrogen and oxygen atoms in total. The van der Waals surface area contributed by atoms with Gasteiger partial charge in [-0.05, 0) is 48.4 Å². The van der Waals surface area contributed by atoms with E-state index in [1.54, 1.807) is 30.1 Å². The van der Waals surface area contributed by atoms with Crippen molar-refractivity contribution in [2.24, 2.45) is 25.9 Å². The number of amidine groups is 2. The molecule has 1 saturated heterocycles. The van der Waals surface area contributed by atoms with Crippen molar-refractivity contribution in [3.8, 4) is 5.75 Å². The molecule has 0 spiro atoms. The maximum absolute atomic E-state index is 12.2. The summed E-state index contributed by atoms with van der Waals surface area (Å²) in [6.07, 6.45) is 3.92. The van der Waals surface area contributed by atoms with Gasteiger partial charge in [-0.1, -0.05) is 65.3 Å². The Labute approximate surface area is 232 Å². The van der Waals surface area contributed by atoms with Crippen LogP contribution in [0.4, 0.5) is 20.2 Å². The summed E-state index contributed by atoms with van der Waals surface area (Å²) in [5.74, 6) is 1.25. The van der Waals surface area contributed by atoms with Gasteiger partial charge in [0.25, 0.3) is 0 Å². The predicted molar refractivity (Wildman–Crippen MR) is 154 cm³/mol. The van der Waals surface area contributed by atoms with E-state index in [9.17, 15) is 8.78 Å². The summed E-state index contributed by atoms with van der Waals surface area (Å²) in [4.78, 5) is 10.3. The Balaban J connectivity index is 1.39. The van der Waals surface area contributed by atoms with Gasteiger partial charge in [0.1, 0.15) is 17.9 Å². The number of nitrogens with zero attached hydrogens (tertiary/aromatic N) is 5. The molecule has 0 saturated carbocycles. The SMILES string of the molecule is NC(=NC=Nc1ccc(OC(F)F)cc1)c1ccc(/C=N\N=C2\SCCCN2c2c(Cl)cccc2Cl)cc1. The second kappa shape index (κ2) is 13.4. The van der Waals surface area contributed by atoms with E-state index in [4.69, 9.17) is 28.9 Å². The Morgan fingerprint density at radius 3 is 2.42 bits per heavy atom. The third-order valence-corrected chi connectivity index (χ3v) is 6.88. The van der Waals surface area contributed by atoms with E-state index < -0.39 is 6.61 Å². The first-order valence-corrected chi connectivity index (χ1v) is 13.1. The van der Waals surface area contributed by atoms with Crippen LogP contribution in [0.5, 0.6) is 5.75 Å². The van der Waals surface area contributed by atoms with Gasteiger partial charge in [-0.3, -0.25) is 0 Å². The second-order valence-electron chi connectivity index (χ2n) is 7.80. The summed E-state index contributed by atoms with van der Waals surface area (Å²) in [6.45, 7) is -2.13. The normalized spacial score (nSPS) is 15.8. The van der Waals surface area contributed by atoms with Crippen molar-refractivity contribution >= 4 is 69.9 Å². The van der Waals surface area contributed by atoms with Crippen molar-refractivity contribution in [2.45, 2.75) is 13.0 Å². The molecule has 196 valence electrons. The minimum Gasteiger partial charge on any atom is -0.435 e. The minimum absolute atomic E-state index is 0.0526. The molecule has 4 rings (SSSR count). The van der Waals surface area contributed by atoms with Crippen LogP contribution in [-0.2, 0) is 0 Å². The smallest absolute Gasteiger partial charge is 0.387 e. The molecule has 0 aromatic heterocycles. The van der Waals surface area contributed by atoms with Gasteiger partial charge in [0.2, 0.25) is 0 Å². The number of thioether (sulfide) groups is 1. The van der Waals surface area contributed by atoms with Gasteiger partial charge < -0.3 is 15.4 Å². The van der Waals surface area contributed by atoms with Crippen LogP contribution in [0.25, 0.3) is 0 Å². The lowest BCUT2D eigenvalue weighted by Gasteiger charge is -2.30. The molecule has 1 aliphatic heterocycles. The first kappa shape index (κ1) is 27.6. The van der Waals surface area contributed by atoms with Crippen LogP contribution in [0.3, 0.4) is 0 Å². The fraction of sp³-hybridized carbons (Fsp3) is 0.154. The number of alkyl halides is 2. The summed E-state index contributed by atoms with van der Waals surface area (Å²) in [7, 11) is 0. The number of benzene rings is 3. The average Bonchev–Trinajstić information content (AvgIpc) is 2.90. The van der Waals surface area contributed by atoms with Crippen molar-refractivity contribution in [1.29, 1.82) is 0 Å². The third-order valence-electron chi connectivity index (χ3n) is 5.22. The largest absolute Gasteiger partial charge is 0.435 e. The van der Waals surface area contributed by atoms with Gasteiger partial charge in [0.15, 0.2) is 5.17 Å². The molecule has 3 aromatic carbocycles. The van der Waals surface area contributed by atoms with Crippen LogP contribution in [0.2, 0.25) is 10.0 Å². The number of ether oxygens (including phenoxy) is 1. The number of rotatable bonds is 8. The van der Waals surface area contributed by atoms with Gasteiger partial charge in [0.05, 0.1) is 27.6 Å². The number of aliphatic imine (C=N–C) groups is 2. The van der Waals surface area contributed by atoms with E-state index in [2.05, 4.69) is 24.9 Å². The van der Waals surface area contributed by atoms with Crippen LogP contribution in [-0.4, -0.2) is 42.5 Å². The molecule has 0 atom stereocenters. The van der Waals surface area contributed by atoms with E-state index in [-0.39, 0.29) is 11.6 Å². The van der Waals surface area contributed by atoms with Crippen molar-refractivity contribution in [2.75, 3.05) is 17.2 Å². The quantitative estimate of drug-likeness (QED) is 0.178. The van der Waals surface area contributed by atoms with Crippen molar-refractivity contribution in [3.05, 3.63) is 87.9 Å². The molecule has 1 fully saturated rings. The molecule has 0 bridgehead atoms. The van der Waals surface area contributed by atoms with Crippen molar-refractivity contribution in [3.63, 3.8) is 0 Å². The Morgan fingerprint density at radius 1 is 1.03 bits per heavy atom. The Kier molecular flexibility index (Phi) is 9.69. The number of anilines is 1. The molecule has 0 unspecified atom stereocenters. The summed E-state index contributed by atoms with van der Waals surface area (Å²) in [6, 6.07) is 18.6. The summed E-state index contributed by atoms with van der Waals surface area (Å²) in [5.41, 5.74) is 8.83. The summed E-state index contributed by atoms with van der Waals surface area (Å²) in [5, 5.41) is 10.5. The van der Waals surface area contributed by atoms with Gasteiger partial charge in [-0.25, -0.2) is 9.98 Å². The van der Waals surface area contributed by atoms with Crippen LogP contribution in [0.1, 0.15) is 17.5 Å². The highest BCUT2D eigenvalue weighted by Gasteiger charge is 2.23. The highest BCUT2D eigenvalue weighted by molar-refractivity contribution is 8.14. The first-order valence-electron chi connectivity index (χ1n) is 11.4. The molecular weight excluding hydrogens is 553 g/mol. The van der Waals surface area contributed by atoms with Crippen LogP contribution < -0.4 is 15.4 Å². The molecule has 38 heavy (non-hydrogen) atoms. The topological polar surface area (TPSA) is 87.9 Å². The van der Waals surface area contributed by atoms with E-state index in [1.165, 1.54) is 30.6 Å². The fourth-order valence-corrected chi connectivity index (χ4v) is 4.93. The molecular formula is C26H22Cl2F2N6OS. The Morgan fingerprint density at radius 2 is 1.74 bits per heavy atom.